The predicted octanol–water partition coefficient (Wildman–Crippen LogP) is 1.97. The molecular weight excluding hydrogens is 242 g/mol. The number of esters is 1. The fourth-order valence-electron chi connectivity index (χ4n) is 2.48. The molecule has 4 heteroatoms. The highest BCUT2D eigenvalue weighted by Gasteiger charge is 2.34. The van der Waals surface area contributed by atoms with Crippen molar-refractivity contribution >= 4 is 11.7 Å². The van der Waals surface area contributed by atoms with Crippen LogP contribution >= 0.6 is 0 Å². The monoisotopic (exact) mass is 263 g/mol. The van der Waals surface area contributed by atoms with Crippen molar-refractivity contribution in [1.82, 2.24) is 0 Å². The van der Waals surface area contributed by atoms with Gasteiger partial charge in [0.25, 0.3) is 0 Å². The van der Waals surface area contributed by atoms with Gasteiger partial charge in [-0.2, -0.15) is 0 Å². The number of piperidine rings is 1. The zero-order chi connectivity index (χ0) is 13.7. The number of para-hydroxylation sites is 1. The first-order valence-electron chi connectivity index (χ1n) is 6.81. The molecule has 0 spiro atoms. The van der Waals surface area contributed by atoms with Gasteiger partial charge in [-0.05, 0) is 31.9 Å². The molecule has 0 amide bonds. The topological polar surface area (TPSA) is 49.8 Å². The first-order chi connectivity index (χ1) is 9.13. The van der Waals surface area contributed by atoms with Crippen LogP contribution in [0.1, 0.15) is 26.2 Å². The second kappa shape index (κ2) is 6.06. The van der Waals surface area contributed by atoms with Crippen LogP contribution in [0.5, 0.6) is 0 Å². The van der Waals surface area contributed by atoms with E-state index in [1.165, 1.54) is 5.69 Å². The maximum absolute atomic E-state index is 11.5. The summed E-state index contributed by atoms with van der Waals surface area (Å²) in [5.74, 6) is -0.307. The molecule has 104 valence electrons. The van der Waals surface area contributed by atoms with Gasteiger partial charge in [0.2, 0.25) is 0 Å². The molecule has 1 aliphatic heterocycles. The third kappa shape index (κ3) is 3.70. The van der Waals surface area contributed by atoms with Crippen LogP contribution in [0.4, 0.5) is 5.69 Å². The van der Waals surface area contributed by atoms with Crippen molar-refractivity contribution < 1.29 is 14.6 Å². The molecule has 1 aliphatic rings. The molecule has 0 radical (unpaired) electrons. The fourth-order valence-corrected chi connectivity index (χ4v) is 2.48. The van der Waals surface area contributed by atoms with Crippen molar-refractivity contribution in [3.05, 3.63) is 30.3 Å². The van der Waals surface area contributed by atoms with Gasteiger partial charge < -0.3 is 14.7 Å². The Morgan fingerprint density at radius 1 is 1.32 bits per heavy atom. The minimum absolute atomic E-state index is 0.101. The third-order valence-corrected chi connectivity index (χ3v) is 3.59. The molecule has 0 unspecified atom stereocenters. The number of carbonyl (C=O) groups is 1. The zero-order valence-corrected chi connectivity index (χ0v) is 11.3. The Bertz CT molecular complexity index is 411. The van der Waals surface area contributed by atoms with Gasteiger partial charge in [0.1, 0.15) is 0 Å². The van der Waals surface area contributed by atoms with E-state index in [0.717, 1.165) is 13.1 Å². The van der Waals surface area contributed by atoms with Gasteiger partial charge in [0.15, 0.2) is 0 Å². The molecule has 0 aromatic heterocycles. The van der Waals surface area contributed by atoms with Gasteiger partial charge in [-0.3, -0.25) is 4.79 Å². The van der Waals surface area contributed by atoms with Crippen LogP contribution in [0.2, 0.25) is 0 Å². The summed E-state index contributed by atoms with van der Waals surface area (Å²) in [5, 5.41) is 10.4. The van der Waals surface area contributed by atoms with E-state index < -0.39 is 5.60 Å². The molecule has 1 aromatic rings. The van der Waals surface area contributed by atoms with Crippen molar-refractivity contribution in [2.24, 2.45) is 0 Å². The maximum Gasteiger partial charge on any atom is 0.308 e. The van der Waals surface area contributed by atoms with Gasteiger partial charge in [0, 0.05) is 18.8 Å². The number of hydrogen-bond donors (Lipinski definition) is 1. The van der Waals surface area contributed by atoms with Crippen LogP contribution in [0, 0.1) is 0 Å². The molecule has 0 saturated carbocycles. The Labute approximate surface area is 114 Å². The van der Waals surface area contributed by atoms with Crippen LogP contribution in [0.3, 0.4) is 0 Å². The average molecular weight is 263 g/mol. The molecule has 1 fully saturated rings. The molecule has 1 heterocycles. The van der Waals surface area contributed by atoms with Crippen molar-refractivity contribution in [3.8, 4) is 0 Å². The van der Waals surface area contributed by atoms with Crippen LogP contribution in [0.15, 0.2) is 30.3 Å². The summed E-state index contributed by atoms with van der Waals surface area (Å²) in [4.78, 5) is 13.7. The van der Waals surface area contributed by atoms with Gasteiger partial charge in [0.05, 0.1) is 18.6 Å². The molecule has 1 N–H and O–H groups in total. The van der Waals surface area contributed by atoms with E-state index in [0.29, 0.717) is 19.4 Å². The van der Waals surface area contributed by atoms with Crippen LogP contribution in [-0.2, 0) is 9.53 Å². The second-order valence-electron chi connectivity index (χ2n) is 5.03. The largest absolute Gasteiger partial charge is 0.466 e. The minimum Gasteiger partial charge on any atom is -0.466 e. The number of hydrogen-bond acceptors (Lipinski definition) is 4. The van der Waals surface area contributed by atoms with Crippen molar-refractivity contribution in [2.45, 2.75) is 31.8 Å². The summed E-state index contributed by atoms with van der Waals surface area (Å²) in [6, 6.07) is 10.1. The standard InChI is InChI=1S/C15H21NO3/c1-2-19-14(17)12-15(18)8-10-16(11-9-15)13-6-4-3-5-7-13/h3-7,18H,2,8-12H2,1H3. The van der Waals surface area contributed by atoms with Crippen molar-refractivity contribution in [2.75, 3.05) is 24.6 Å². The fraction of sp³-hybridized carbons (Fsp3) is 0.533. The summed E-state index contributed by atoms with van der Waals surface area (Å²) in [7, 11) is 0. The molecule has 1 saturated heterocycles. The van der Waals surface area contributed by atoms with Crippen LogP contribution < -0.4 is 4.90 Å². The van der Waals surface area contributed by atoms with E-state index in [-0.39, 0.29) is 12.4 Å². The zero-order valence-electron chi connectivity index (χ0n) is 11.3. The number of rotatable bonds is 4. The first-order valence-corrected chi connectivity index (χ1v) is 6.81. The number of carbonyl (C=O) groups excluding carboxylic acids is 1. The number of anilines is 1. The lowest BCUT2D eigenvalue weighted by Crippen LogP contribution is -2.45. The summed E-state index contributed by atoms with van der Waals surface area (Å²) in [6.07, 6.45) is 1.30. The molecule has 2 rings (SSSR count). The Balaban J connectivity index is 1.89. The van der Waals surface area contributed by atoms with E-state index in [1.54, 1.807) is 6.92 Å². The van der Waals surface area contributed by atoms with E-state index in [9.17, 15) is 9.90 Å². The normalized spacial score (nSPS) is 18.1. The molecular formula is C15H21NO3. The Hall–Kier alpha value is -1.55. The lowest BCUT2D eigenvalue weighted by molar-refractivity contribution is -0.149. The summed E-state index contributed by atoms with van der Waals surface area (Å²) >= 11 is 0. The molecule has 0 bridgehead atoms. The number of benzene rings is 1. The number of aliphatic hydroxyl groups is 1. The smallest absolute Gasteiger partial charge is 0.308 e. The van der Waals surface area contributed by atoms with E-state index >= 15 is 0 Å². The summed E-state index contributed by atoms with van der Waals surface area (Å²) in [5.41, 5.74) is 0.262. The number of ether oxygens (including phenoxy) is 1. The molecule has 0 atom stereocenters. The number of nitrogens with zero attached hydrogens (tertiary/aromatic N) is 1. The van der Waals surface area contributed by atoms with Gasteiger partial charge in [-0.15, -0.1) is 0 Å². The van der Waals surface area contributed by atoms with Gasteiger partial charge >= 0.3 is 5.97 Å². The van der Waals surface area contributed by atoms with E-state index in [4.69, 9.17) is 4.74 Å². The Morgan fingerprint density at radius 2 is 1.95 bits per heavy atom. The van der Waals surface area contributed by atoms with E-state index in [2.05, 4.69) is 17.0 Å². The first kappa shape index (κ1) is 13.9. The van der Waals surface area contributed by atoms with Gasteiger partial charge in [-0.1, -0.05) is 18.2 Å². The summed E-state index contributed by atoms with van der Waals surface area (Å²) in [6.45, 7) is 3.67. The third-order valence-electron chi connectivity index (χ3n) is 3.59. The van der Waals surface area contributed by atoms with Crippen molar-refractivity contribution in [3.63, 3.8) is 0 Å². The van der Waals surface area contributed by atoms with E-state index in [1.807, 2.05) is 18.2 Å². The van der Waals surface area contributed by atoms with Crippen LogP contribution in [0.25, 0.3) is 0 Å². The molecule has 19 heavy (non-hydrogen) atoms. The highest BCUT2D eigenvalue weighted by molar-refractivity contribution is 5.70. The van der Waals surface area contributed by atoms with Crippen LogP contribution in [-0.4, -0.2) is 36.4 Å². The quantitative estimate of drug-likeness (QED) is 0.844. The predicted molar refractivity (Wildman–Crippen MR) is 74.1 cm³/mol. The second-order valence-corrected chi connectivity index (χ2v) is 5.03. The maximum atomic E-state index is 11.5. The summed E-state index contributed by atoms with van der Waals surface area (Å²) < 4.78 is 4.91. The van der Waals surface area contributed by atoms with Gasteiger partial charge in [-0.25, -0.2) is 0 Å². The lowest BCUT2D eigenvalue weighted by atomic mass is 9.88. The SMILES string of the molecule is CCOC(=O)CC1(O)CCN(c2ccccc2)CC1. The molecule has 0 aliphatic carbocycles. The lowest BCUT2D eigenvalue weighted by Gasteiger charge is -2.38. The molecule has 4 nitrogen and oxygen atoms in total. The minimum atomic E-state index is -0.905. The Kier molecular flexibility index (Phi) is 4.43. The average Bonchev–Trinajstić information content (AvgIpc) is 2.40. The Morgan fingerprint density at radius 3 is 2.53 bits per heavy atom. The highest BCUT2D eigenvalue weighted by atomic mass is 16.5. The molecule has 1 aromatic carbocycles. The highest BCUT2D eigenvalue weighted by Crippen LogP contribution is 2.28. The van der Waals surface area contributed by atoms with Crippen molar-refractivity contribution in [1.29, 1.82) is 0 Å².